The Balaban J connectivity index is 1.79. The average Bonchev–Trinajstić information content (AvgIpc) is 3.16. The summed E-state index contributed by atoms with van der Waals surface area (Å²) in [5.74, 6) is -1.80. The number of rotatable bonds is 8. The first kappa shape index (κ1) is 16.1. The fourth-order valence-electron chi connectivity index (χ4n) is 2.14. The summed E-state index contributed by atoms with van der Waals surface area (Å²) in [6.07, 6.45) is 3.38. The maximum absolute atomic E-state index is 12.2. The van der Waals surface area contributed by atoms with E-state index in [4.69, 9.17) is 9.52 Å². The van der Waals surface area contributed by atoms with Gasteiger partial charge in [0.05, 0.1) is 12.2 Å². The molecule has 1 saturated carbocycles. The average molecular weight is 308 g/mol. The van der Waals surface area contributed by atoms with Gasteiger partial charge < -0.3 is 19.7 Å². The SMILES string of the molecule is CC(CN(C(=O)CCNC(=O)c1ccco1)C1CC1)C(=O)O. The first-order valence-electron chi connectivity index (χ1n) is 7.33. The monoisotopic (exact) mass is 308 g/mol. The van der Waals surface area contributed by atoms with Gasteiger partial charge in [0.15, 0.2) is 5.76 Å². The Labute approximate surface area is 128 Å². The Hall–Kier alpha value is -2.31. The lowest BCUT2D eigenvalue weighted by Crippen LogP contribution is -2.40. The predicted molar refractivity (Wildman–Crippen MR) is 77.2 cm³/mol. The van der Waals surface area contributed by atoms with E-state index in [1.54, 1.807) is 24.0 Å². The molecule has 1 aromatic rings. The molecule has 1 aliphatic rings. The fraction of sp³-hybridized carbons (Fsp3) is 0.533. The Morgan fingerprint density at radius 3 is 2.73 bits per heavy atom. The molecule has 1 unspecified atom stereocenters. The number of hydrogen-bond donors (Lipinski definition) is 2. The van der Waals surface area contributed by atoms with E-state index in [1.165, 1.54) is 6.26 Å². The van der Waals surface area contributed by atoms with Gasteiger partial charge in [-0.3, -0.25) is 14.4 Å². The molecule has 22 heavy (non-hydrogen) atoms. The van der Waals surface area contributed by atoms with Crippen LogP contribution >= 0.6 is 0 Å². The standard InChI is InChI=1S/C15H20N2O5/c1-10(15(20)21)9-17(11-4-5-11)13(18)6-7-16-14(19)12-3-2-8-22-12/h2-3,8,10-11H,4-7,9H2,1H3,(H,16,19)(H,20,21). The summed E-state index contributed by atoms with van der Waals surface area (Å²) in [5.41, 5.74) is 0. The van der Waals surface area contributed by atoms with Crippen molar-refractivity contribution in [3.05, 3.63) is 24.2 Å². The maximum Gasteiger partial charge on any atom is 0.308 e. The minimum absolute atomic E-state index is 0.129. The highest BCUT2D eigenvalue weighted by Gasteiger charge is 2.34. The molecule has 0 spiro atoms. The summed E-state index contributed by atoms with van der Waals surface area (Å²) in [4.78, 5) is 36.4. The lowest BCUT2D eigenvalue weighted by atomic mass is 10.1. The quantitative estimate of drug-likeness (QED) is 0.749. The van der Waals surface area contributed by atoms with Gasteiger partial charge in [-0.25, -0.2) is 0 Å². The Morgan fingerprint density at radius 1 is 1.45 bits per heavy atom. The number of carboxylic acid groups (broad SMARTS) is 1. The van der Waals surface area contributed by atoms with Gasteiger partial charge in [-0.1, -0.05) is 6.92 Å². The zero-order valence-electron chi connectivity index (χ0n) is 12.4. The largest absolute Gasteiger partial charge is 0.481 e. The molecule has 2 rings (SSSR count). The third kappa shape index (κ3) is 4.34. The second-order valence-electron chi connectivity index (χ2n) is 5.50. The van der Waals surface area contributed by atoms with Crippen LogP contribution in [-0.2, 0) is 9.59 Å². The summed E-state index contributed by atoms with van der Waals surface area (Å²) >= 11 is 0. The summed E-state index contributed by atoms with van der Waals surface area (Å²) in [5, 5.41) is 11.6. The molecule has 0 aromatic carbocycles. The van der Waals surface area contributed by atoms with E-state index < -0.39 is 11.9 Å². The van der Waals surface area contributed by atoms with Crippen LogP contribution in [0, 0.1) is 5.92 Å². The third-order valence-electron chi connectivity index (χ3n) is 3.57. The molecule has 0 aliphatic heterocycles. The molecule has 1 aromatic heterocycles. The molecule has 1 aliphatic carbocycles. The zero-order valence-corrected chi connectivity index (χ0v) is 12.4. The van der Waals surface area contributed by atoms with Crippen molar-refractivity contribution in [2.45, 2.75) is 32.2 Å². The second kappa shape index (κ2) is 7.11. The van der Waals surface area contributed by atoms with Crippen LogP contribution in [0.2, 0.25) is 0 Å². The number of carbonyl (C=O) groups excluding carboxylic acids is 2. The van der Waals surface area contributed by atoms with E-state index in [0.29, 0.717) is 0 Å². The maximum atomic E-state index is 12.2. The number of aliphatic carboxylic acids is 1. The van der Waals surface area contributed by atoms with E-state index in [1.807, 2.05) is 0 Å². The van der Waals surface area contributed by atoms with Gasteiger partial charge >= 0.3 is 5.97 Å². The molecule has 120 valence electrons. The molecule has 2 N–H and O–H groups in total. The first-order valence-corrected chi connectivity index (χ1v) is 7.33. The summed E-state index contributed by atoms with van der Waals surface area (Å²) < 4.78 is 4.95. The van der Waals surface area contributed by atoms with Crippen molar-refractivity contribution in [2.75, 3.05) is 13.1 Å². The van der Waals surface area contributed by atoms with Crippen molar-refractivity contribution in [2.24, 2.45) is 5.92 Å². The van der Waals surface area contributed by atoms with E-state index >= 15 is 0 Å². The van der Waals surface area contributed by atoms with Crippen LogP contribution in [-0.4, -0.2) is 46.9 Å². The van der Waals surface area contributed by atoms with Gasteiger partial charge in [-0.05, 0) is 25.0 Å². The molecule has 0 bridgehead atoms. The van der Waals surface area contributed by atoms with Gasteiger partial charge in [0, 0.05) is 25.6 Å². The summed E-state index contributed by atoms with van der Waals surface area (Å²) in [7, 11) is 0. The Morgan fingerprint density at radius 2 is 2.18 bits per heavy atom. The zero-order chi connectivity index (χ0) is 16.1. The molecule has 1 atom stereocenters. The number of hydrogen-bond acceptors (Lipinski definition) is 4. The molecule has 0 radical (unpaired) electrons. The summed E-state index contributed by atoms with van der Waals surface area (Å²) in [6.45, 7) is 2.00. The highest BCUT2D eigenvalue weighted by atomic mass is 16.4. The lowest BCUT2D eigenvalue weighted by Gasteiger charge is -2.24. The van der Waals surface area contributed by atoms with E-state index in [0.717, 1.165) is 12.8 Å². The molecule has 0 saturated heterocycles. The van der Waals surface area contributed by atoms with Crippen molar-refractivity contribution in [3.8, 4) is 0 Å². The van der Waals surface area contributed by atoms with Crippen LogP contribution in [0.4, 0.5) is 0 Å². The van der Waals surface area contributed by atoms with Crippen LogP contribution in [0.5, 0.6) is 0 Å². The highest BCUT2D eigenvalue weighted by Crippen LogP contribution is 2.28. The van der Waals surface area contributed by atoms with Gasteiger partial charge in [-0.15, -0.1) is 0 Å². The van der Waals surface area contributed by atoms with Gasteiger partial charge in [-0.2, -0.15) is 0 Å². The van der Waals surface area contributed by atoms with Crippen molar-refractivity contribution in [1.82, 2.24) is 10.2 Å². The molecule has 1 heterocycles. The van der Waals surface area contributed by atoms with Gasteiger partial charge in [0.25, 0.3) is 5.91 Å². The summed E-state index contributed by atoms with van der Waals surface area (Å²) in [6, 6.07) is 3.31. The third-order valence-corrected chi connectivity index (χ3v) is 3.57. The molecule has 7 nitrogen and oxygen atoms in total. The molecular formula is C15H20N2O5. The van der Waals surface area contributed by atoms with E-state index in [-0.39, 0.29) is 43.1 Å². The smallest absolute Gasteiger partial charge is 0.308 e. The number of furan rings is 1. The van der Waals surface area contributed by atoms with Crippen LogP contribution in [0.15, 0.2) is 22.8 Å². The molecular weight excluding hydrogens is 288 g/mol. The number of amides is 2. The van der Waals surface area contributed by atoms with Crippen molar-refractivity contribution < 1.29 is 23.9 Å². The van der Waals surface area contributed by atoms with Crippen molar-refractivity contribution >= 4 is 17.8 Å². The number of nitrogens with zero attached hydrogens (tertiary/aromatic N) is 1. The van der Waals surface area contributed by atoms with Crippen LogP contribution in [0.25, 0.3) is 0 Å². The molecule has 2 amide bonds. The predicted octanol–water partition coefficient (Wildman–Crippen LogP) is 1.11. The van der Waals surface area contributed by atoms with E-state index in [2.05, 4.69) is 5.32 Å². The van der Waals surface area contributed by atoms with Crippen molar-refractivity contribution in [1.29, 1.82) is 0 Å². The fourth-order valence-corrected chi connectivity index (χ4v) is 2.14. The van der Waals surface area contributed by atoms with Crippen LogP contribution in [0.1, 0.15) is 36.7 Å². The van der Waals surface area contributed by atoms with Gasteiger partial charge in [0.2, 0.25) is 5.91 Å². The highest BCUT2D eigenvalue weighted by molar-refractivity contribution is 5.91. The van der Waals surface area contributed by atoms with Crippen LogP contribution < -0.4 is 5.32 Å². The minimum Gasteiger partial charge on any atom is -0.481 e. The number of nitrogens with one attached hydrogen (secondary N) is 1. The topological polar surface area (TPSA) is 99.9 Å². The second-order valence-corrected chi connectivity index (χ2v) is 5.50. The number of carbonyl (C=O) groups is 3. The Kier molecular flexibility index (Phi) is 5.19. The molecule has 1 fully saturated rings. The first-order chi connectivity index (χ1) is 10.5. The normalized spacial score (nSPS) is 15.1. The molecule has 7 heteroatoms. The van der Waals surface area contributed by atoms with Gasteiger partial charge in [0.1, 0.15) is 0 Å². The van der Waals surface area contributed by atoms with E-state index in [9.17, 15) is 14.4 Å². The van der Waals surface area contributed by atoms with Crippen LogP contribution in [0.3, 0.4) is 0 Å². The number of carboxylic acids is 1. The lowest BCUT2D eigenvalue weighted by molar-refractivity contribution is -0.143. The Bertz CT molecular complexity index is 536. The van der Waals surface area contributed by atoms with Crippen molar-refractivity contribution in [3.63, 3.8) is 0 Å². The minimum atomic E-state index is -0.912.